The van der Waals surface area contributed by atoms with Crippen molar-refractivity contribution in [2.45, 2.75) is 25.3 Å². The lowest BCUT2D eigenvalue weighted by Gasteiger charge is -2.15. The van der Waals surface area contributed by atoms with Crippen LogP contribution >= 0.6 is 0 Å². The minimum atomic E-state index is -0.279. The van der Waals surface area contributed by atoms with E-state index < -0.39 is 0 Å². The zero-order valence-corrected chi connectivity index (χ0v) is 10.4. The summed E-state index contributed by atoms with van der Waals surface area (Å²) >= 11 is 0. The Morgan fingerprint density at radius 3 is 3.11 bits per heavy atom. The second kappa shape index (κ2) is 4.61. The molecule has 1 aromatic heterocycles. The molecule has 1 unspecified atom stereocenters. The standard InChI is InChI=1S/C12H19N5O/c13-10-11(15-7-16-12(10)18)14-5-8-3-4-17(6-8)9-1-2-9/h7-9H,1-6,13H2,(H2,14,15,16,18). The third-order valence-electron chi connectivity index (χ3n) is 3.83. The maximum absolute atomic E-state index is 11.3. The first kappa shape index (κ1) is 11.5. The molecule has 1 aliphatic carbocycles. The van der Waals surface area contributed by atoms with Crippen molar-refractivity contribution in [3.63, 3.8) is 0 Å². The van der Waals surface area contributed by atoms with Gasteiger partial charge >= 0.3 is 0 Å². The molecule has 2 aliphatic rings. The number of rotatable bonds is 4. The van der Waals surface area contributed by atoms with Gasteiger partial charge in [0.05, 0.1) is 6.33 Å². The van der Waals surface area contributed by atoms with Crippen LogP contribution in [0.5, 0.6) is 0 Å². The minimum Gasteiger partial charge on any atom is -0.391 e. The molecule has 18 heavy (non-hydrogen) atoms. The first-order valence-corrected chi connectivity index (χ1v) is 6.55. The highest BCUT2D eigenvalue weighted by Crippen LogP contribution is 2.31. The fourth-order valence-electron chi connectivity index (χ4n) is 2.59. The number of nitrogens with zero attached hydrogens (tertiary/aromatic N) is 2. The maximum atomic E-state index is 11.3. The largest absolute Gasteiger partial charge is 0.391 e. The first-order valence-electron chi connectivity index (χ1n) is 6.55. The molecule has 0 amide bonds. The summed E-state index contributed by atoms with van der Waals surface area (Å²) in [5.74, 6) is 1.13. The molecule has 1 saturated carbocycles. The fraction of sp³-hybridized carbons (Fsp3) is 0.667. The molecular weight excluding hydrogens is 230 g/mol. The number of nitrogen functional groups attached to an aromatic ring is 1. The Bertz CT molecular complexity index is 482. The number of likely N-dealkylation sites (tertiary alicyclic amines) is 1. The minimum absolute atomic E-state index is 0.176. The highest BCUT2D eigenvalue weighted by atomic mass is 16.1. The molecule has 4 N–H and O–H groups in total. The molecule has 0 radical (unpaired) electrons. The normalized spacial score (nSPS) is 24.3. The Morgan fingerprint density at radius 1 is 1.50 bits per heavy atom. The number of anilines is 2. The molecule has 2 heterocycles. The van der Waals surface area contributed by atoms with E-state index in [1.165, 1.54) is 32.1 Å². The third kappa shape index (κ3) is 2.33. The van der Waals surface area contributed by atoms with Crippen molar-refractivity contribution in [3.8, 4) is 0 Å². The Hall–Kier alpha value is -1.56. The molecule has 0 spiro atoms. The van der Waals surface area contributed by atoms with Crippen LogP contribution < -0.4 is 16.6 Å². The zero-order valence-electron chi connectivity index (χ0n) is 10.4. The number of hydrogen-bond donors (Lipinski definition) is 3. The first-order chi connectivity index (χ1) is 8.74. The molecule has 1 saturated heterocycles. The SMILES string of the molecule is Nc1c(NCC2CCN(C3CC3)C2)nc[nH]c1=O. The van der Waals surface area contributed by atoms with Crippen LogP contribution in [0.2, 0.25) is 0 Å². The van der Waals surface area contributed by atoms with Crippen LogP contribution in [0.4, 0.5) is 11.5 Å². The Morgan fingerprint density at radius 2 is 2.33 bits per heavy atom. The van der Waals surface area contributed by atoms with E-state index >= 15 is 0 Å². The number of aromatic amines is 1. The number of nitrogens with two attached hydrogens (primary N) is 1. The van der Waals surface area contributed by atoms with Crippen molar-refractivity contribution >= 4 is 11.5 Å². The van der Waals surface area contributed by atoms with E-state index in [-0.39, 0.29) is 11.2 Å². The van der Waals surface area contributed by atoms with Crippen LogP contribution in [0.3, 0.4) is 0 Å². The van der Waals surface area contributed by atoms with Gasteiger partial charge in [0.15, 0.2) is 5.82 Å². The quantitative estimate of drug-likeness (QED) is 0.712. The van der Waals surface area contributed by atoms with Crippen LogP contribution in [0.1, 0.15) is 19.3 Å². The van der Waals surface area contributed by atoms with Crippen LogP contribution in [-0.4, -0.2) is 40.5 Å². The summed E-state index contributed by atoms with van der Waals surface area (Å²) in [5.41, 5.74) is 5.57. The van der Waals surface area contributed by atoms with Gasteiger partial charge < -0.3 is 20.9 Å². The molecule has 1 atom stereocenters. The van der Waals surface area contributed by atoms with Gasteiger partial charge in [-0.25, -0.2) is 4.98 Å². The second-order valence-electron chi connectivity index (χ2n) is 5.26. The van der Waals surface area contributed by atoms with Gasteiger partial charge in [0.2, 0.25) is 0 Å². The van der Waals surface area contributed by atoms with Crippen LogP contribution in [0.25, 0.3) is 0 Å². The summed E-state index contributed by atoms with van der Waals surface area (Å²) in [6.45, 7) is 3.19. The summed E-state index contributed by atoms with van der Waals surface area (Å²) in [7, 11) is 0. The number of H-pyrrole nitrogens is 1. The van der Waals surface area contributed by atoms with E-state index in [9.17, 15) is 4.79 Å². The predicted octanol–water partition coefficient (Wildman–Crippen LogP) is 0.248. The molecule has 0 bridgehead atoms. The lowest BCUT2D eigenvalue weighted by atomic mass is 10.1. The van der Waals surface area contributed by atoms with Crippen molar-refractivity contribution in [2.24, 2.45) is 5.92 Å². The molecule has 98 valence electrons. The second-order valence-corrected chi connectivity index (χ2v) is 5.26. The molecule has 6 heteroatoms. The van der Waals surface area contributed by atoms with Gasteiger partial charge in [-0.15, -0.1) is 0 Å². The smallest absolute Gasteiger partial charge is 0.276 e. The summed E-state index contributed by atoms with van der Waals surface area (Å²) in [5, 5.41) is 3.19. The molecular formula is C12H19N5O. The van der Waals surface area contributed by atoms with Gasteiger partial charge in [0, 0.05) is 19.1 Å². The highest BCUT2D eigenvalue weighted by Gasteiger charge is 2.34. The monoisotopic (exact) mass is 249 g/mol. The van der Waals surface area contributed by atoms with E-state index in [1.807, 2.05) is 0 Å². The molecule has 1 aromatic rings. The van der Waals surface area contributed by atoms with Gasteiger partial charge in [-0.1, -0.05) is 0 Å². The fourth-order valence-corrected chi connectivity index (χ4v) is 2.59. The third-order valence-corrected chi connectivity index (χ3v) is 3.83. The molecule has 1 aliphatic heterocycles. The summed E-state index contributed by atoms with van der Waals surface area (Å²) in [6.07, 6.45) is 5.32. The van der Waals surface area contributed by atoms with Crippen LogP contribution in [0.15, 0.2) is 11.1 Å². The van der Waals surface area contributed by atoms with E-state index in [4.69, 9.17) is 5.73 Å². The van der Waals surface area contributed by atoms with Crippen molar-refractivity contribution in [3.05, 3.63) is 16.7 Å². The molecule has 2 fully saturated rings. The summed E-state index contributed by atoms with van der Waals surface area (Å²) in [4.78, 5) is 20.4. The maximum Gasteiger partial charge on any atom is 0.276 e. The summed E-state index contributed by atoms with van der Waals surface area (Å²) < 4.78 is 0. The number of hydrogen-bond acceptors (Lipinski definition) is 5. The van der Waals surface area contributed by atoms with E-state index in [0.29, 0.717) is 11.7 Å². The van der Waals surface area contributed by atoms with Crippen molar-refractivity contribution < 1.29 is 0 Å². The van der Waals surface area contributed by atoms with E-state index in [1.54, 1.807) is 0 Å². The predicted molar refractivity (Wildman–Crippen MR) is 70.5 cm³/mol. The Balaban J connectivity index is 1.55. The number of aromatic nitrogens is 2. The van der Waals surface area contributed by atoms with Gasteiger partial charge in [0.25, 0.3) is 5.56 Å². The molecule has 3 rings (SSSR count). The van der Waals surface area contributed by atoms with Crippen LogP contribution in [0, 0.1) is 5.92 Å². The Kier molecular flexibility index (Phi) is 2.95. The highest BCUT2D eigenvalue weighted by molar-refractivity contribution is 5.58. The average molecular weight is 249 g/mol. The van der Waals surface area contributed by atoms with Gasteiger partial charge in [-0.05, 0) is 31.7 Å². The van der Waals surface area contributed by atoms with Gasteiger partial charge in [-0.2, -0.15) is 0 Å². The van der Waals surface area contributed by atoms with Crippen molar-refractivity contribution in [1.29, 1.82) is 0 Å². The summed E-state index contributed by atoms with van der Waals surface area (Å²) in [6, 6.07) is 0.845. The van der Waals surface area contributed by atoms with Crippen LogP contribution in [-0.2, 0) is 0 Å². The molecule has 6 nitrogen and oxygen atoms in total. The van der Waals surface area contributed by atoms with Crippen molar-refractivity contribution in [2.75, 3.05) is 30.7 Å². The van der Waals surface area contributed by atoms with Gasteiger partial charge in [-0.3, -0.25) is 4.79 Å². The molecule has 0 aromatic carbocycles. The lowest BCUT2D eigenvalue weighted by molar-refractivity contribution is 0.316. The zero-order chi connectivity index (χ0) is 12.5. The topological polar surface area (TPSA) is 87.0 Å². The van der Waals surface area contributed by atoms with Crippen molar-refractivity contribution in [1.82, 2.24) is 14.9 Å². The lowest BCUT2D eigenvalue weighted by Crippen LogP contribution is -2.25. The van der Waals surface area contributed by atoms with E-state index in [0.717, 1.165) is 19.1 Å². The Labute approximate surface area is 106 Å². The average Bonchev–Trinajstić information content (AvgIpc) is 3.11. The van der Waals surface area contributed by atoms with Gasteiger partial charge in [0.1, 0.15) is 5.69 Å². The van der Waals surface area contributed by atoms with E-state index in [2.05, 4.69) is 20.2 Å². The number of nitrogens with one attached hydrogen (secondary N) is 2.